The zero-order valence-corrected chi connectivity index (χ0v) is 13.8. The van der Waals surface area contributed by atoms with Crippen LogP contribution in [-0.4, -0.2) is 12.6 Å². The standard InChI is InChI=1S/C16H16FIN2O/c1-11-10-14(18)6-7-15(11)20-16(21)19-9-8-12-2-4-13(17)5-3-12/h2-7,10H,8-9H2,1H3,(H2,19,20,21). The first-order valence-electron chi connectivity index (χ1n) is 6.60. The van der Waals surface area contributed by atoms with Crippen LogP contribution in [0.5, 0.6) is 0 Å². The number of benzene rings is 2. The van der Waals surface area contributed by atoms with Crippen molar-refractivity contribution in [2.45, 2.75) is 13.3 Å². The molecule has 0 spiro atoms. The van der Waals surface area contributed by atoms with E-state index < -0.39 is 0 Å². The lowest BCUT2D eigenvalue weighted by molar-refractivity contribution is 0.252. The number of rotatable bonds is 4. The van der Waals surface area contributed by atoms with E-state index in [0.717, 1.165) is 20.4 Å². The molecule has 2 rings (SSSR count). The highest BCUT2D eigenvalue weighted by Gasteiger charge is 2.04. The Labute approximate surface area is 137 Å². The Balaban J connectivity index is 1.81. The van der Waals surface area contributed by atoms with Crippen LogP contribution in [0.4, 0.5) is 14.9 Å². The highest BCUT2D eigenvalue weighted by atomic mass is 127. The molecule has 0 atom stereocenters. The molecule has 0 aliphatic heterocycles. The molecule has 110 valence electrons. The van der Waals surface area contributed by atoms with Gasteiger partial charge in [0.15, 0.2) is 0 Å². The minimum Gasteiger partial charge on any atom is -0.338 e. The fraction of sp³-hybridized carbons (Fsp3) is 0.188. The van der Waals surface area contributed by atoms with E-state index >= 15 is 0 Å². The summed E-state index contributed by atoms with van der Waals surface area (Å²) in [5.41, 5.74) is 2.81. The highest BCUT2D eigenvalue weighted by Crippen LogP contribution is 2.17. The number of carbonyl (C=O) groups excluding carboxylic acids is 1. The monoisotopic (exact) mass is 398 g/mol. The molecule has 5 heteroatoms. The van der Waals surface area contributed by atoms with Gasteiger partial charge in [0.05, 0.1) is 0 Å². The maximum atomic E-state index is 12.8. The molecule has 3 nitrogen and oxygen atoms in total. The van der Waals surface area contributed by atoms with Gasteiger partial charge in [-0.25, -0.2) is 9.18 Å². The minimum absolute atomic E-state index is 0.235. The third-order valence-electron chi connectivity index (χ3n) is 3.05. The van der Waals surface area contributed by atoms with Gasteiger partial charge in [0.25, 0.3) is 0 Å². The van der Waals surface area contributed by atoms with Crippen LogP contribution >= 0.6 is 22.6 Å². The van der Waals surface area contributed by atoms with Crippen LogP contribution < -0.4 is 10.6 Å². The molecule has 2 aromatic rings. The van der Waals surface area contributed by atoms with Crippen LogP contribution in [0.3, 0.4) is 0 Å². The van der Waals surface area contributed by atoms with Crippen LogP contribution in [0.2, 0.25) is 0 Å². The maximum Gasteiger partial charge on any atom is 0.319 e. The van der Waals surface area contributed by atoms with E-state index in [-0.39, 0.29) is 11.8 Å². The van der Waals surface area contributed by atoms with Crippen molar-refractivity contribution >= 4 is 34.3 Å². The molecular formula is C16H16FIN2O. The first-order chi connectivity index (χ1) is 10.0. The van der Waals surface area contributed by atoms with Gasteiger partial charge in [-0.2, -0.15) is 0 Å². The summed E-state index contributed by atoms with van der Waals surface area (Å²) in [5.74, 6) is -0.251. The van der Waals surface area contributed by atoms with Gasteiger partial charge >= 0.3 is 6.03 Å². The molecule has 21 heavy (non-hydrogen) atoms. The fourth-order valence-electron chi connectivity index (χ4n) is 1.91. The van der Waals surface area contributed by atoms with Crippen molar-refractivity contribution in [1.82, 2.24) is 5.32 Å². The Morgan fingerprint density at radius 1 is 1.19 bits per heavy atom. The lowest BCUT2D eigenvalue weighted by Crippen LogP contribution is -2.30. The predicted octanol–water partition coefficient (Wildman–Crippen LogP) is 4.10. The van der Waals surface area contributed by atoms with E-state index in [2.05, 4.69) is 33.2 Å². The van der Waals surface area contributed by atoms with Gasteiger partial charge < -0.3 is 10.6 Å². The summed E-state index contributed by atoms with van der Waals surface area (Å²) >= 11 is 2.23. The summed E-state index contributed by atoms with van der Waals surface area (Å²) in [7, 11) is 0. The topological polar surface area (TPSA) is 41.1 Å². The average Bonchev–Trinajstić information content (AvgIpc) is 2.44. The van der Waals surface area contributed by atoms with Crippen molar-refractivity contribution in [3.63, 3.8) is 0 Å². The smallest absolute Gasteiger partial charge is 0.319 e. The minimum atomic E-state index is -0.251. The maximum absolute atomic E-state index is 12.8. The molecule has 0 aliphatic rings. The number of hydrogen-bond acceptors (Lipinski definition) is 1. The second-order valence-electron chi connectivity index (χ2n) is 4.72. The second-order valence-corrected chi connectivity index (χ2v) is 5.96. The number of anilines is 1. The van der Waals surface area contributed by atoms with E-state index in [0.29, 0.717) is 13.0 Å². The van der Waals surface area contributed by atoms with Crippen molar-refractivity contribution in [3.05, 3.63) is 63.0 Å². The zero-order chi connectivity index (χ0) is 15.2. The number of halogens is 2. The average molecular weight is 398 g/mol. The molecule has 2 aromatic carbocycles. The normalized spacial score (nSPS) is 10.2. The van der Waals surface area contributed by atoms with Crippen molar-refractivity contribution in [2.75, 3.05) is 11.9 Å². The Hall–Kier alpha value is -1.63. The van der Waals surface area contributed by atoms with Gasteiger partial charge in [-0.1, -0.05) is 12.1 Å². The third-order valence-corrected chi connectivity index (χ3v) is 3.72. The van der Waals surface area contributed by atoms with E-state index in [4.69, 9.17) is 0 Å². The number of nitrogens with one attached hydrogen (secondary N) is 2. The van der Waals surface area contributed by atoms with Gasteiger partial charge in [-0.3, -0.25) is 0 Å². The molecule has 0 bridgehead atoms. The largest absolute Gasteiger partial charge is 0.338 e. The van der Waals surface area contributed by atoms with E-state index in [1.165, 1.54) is 12.1 Å². The van der Waals surface area contributed by atoms with Crippen LogP contribution in [0.15, 0.2) is 42.5 Å². The van der Waals surface area contributed by atoms with Gasteiger partial charge in [0, 0.05) is 15.8 Å². The molecule has 0 fully saturated rings. The molecule has 0 radical (unpaired) electrons. The molecule has 0 aromatic heterocycles. The van der Waals surface area contributed by atoms with Gasteiger partial charge in [0.1, 0.15) is 5.82 Å². The highest BCUT2D eigenvalue weighted by molar-refractivity contribution is 14.1. The molecule has 0 heterocycles. The summed E-state index contributed by atoms with van der Waals surface area (Å²) in [6.45, 7) is 2.46. The summed E-state index contributed by atoms with van der Waals surface area (Å²) in [6, 6.07) is 11.9. The van der Waals surface area contributed by atoms with E-state index in [1.54, 1.807) is 12.1 Å². The fourth-order valence-corrected chi connectivity index (χ4v) is 2.55. The molecule has 2 amide bonds. The third kappa shape index (κ3) is 5.00. The van der Waals surface area contributed by atoms with Gasteiger partial charge in [0.2, 0.25) is 0 Å². The number of urea groups is 1. The molecule has 0 saturated carbocycles. The number of hydrogen-bond donors (Lipinski definition) is 2. The molecule has 2 N–H and O–H groups in total. The number of carbonyl (C=O) groups is 1. The van der Waals surface area contributed by atoms with Crippen molar-refractivity contribution in [1.29, 1.82) is 0 Å². The molecule has 0 saturated heterocycles. The lowest BCUT2D eigenvalue weighted by Gasteiger charge is -2.10. The van der Waals surface area contributed by atoms with E-state index in [9.17, 15) is 9.18 Å². The molecular weight excluding hydrogens is 382 g/mol. The number of aryl methyl sites for hydroxylation is 1. The summed E-state index contributed by atoms with van der Waals surface area (Å²) in [5, 5.41) is 5.61. The zero-order valence-electron chi connectivity index (χ0n) is 11.6. The Morgan fingerprint density at radius 3 is 2.57 bits per heavy atom. The summed E-state index contributed by atoms with van der Waals surface area (Å²) < 4.78 is 13.9. The van der Waals surface area contributed by atoms with Gasteiger partial charge in [-0.15, -0.1) is 0 Å². The summed E-state index contributed by atoms with van der Waals surface area (Å²) in [4.78, 5) is 11.8. The quantitative estimate of drug-likeness (QED) is 0.749. The first kappa shape index (κ1) is 15.8. The van der Waals surface area contributed by atoms with Crippen molar-refractivity contribution in [3.8, 4) is 0 Å². The molecule has 0 aliphatic carbocycles. The van der Waals surface area contributed by atoms with Crippen LogP contribution in [0.1, 0.15) is 11.1 Å². The Bertz CT molecular complexity index is 629. The van der Waals surface area contributed by atoms with Crippen LogP contribution in [-0.2, 0) is 6.42 Å². The van der Waals surface area contributed by atoms with Crippen LogP contribution in [0.25, 0.3) is 0 Å². The summed E-state index contributed by atoms with van der Waals surface area (Å²) in [6.07, 6.45) is 0.666. The first-order valence-corrected chi connectivity index (χ1v) is 7.68. The lowest BCUT2D eigenvalue weighted by atomic mass is 10.1. The van der Waals surface area contributed by atoms with E-state index in [1.807, 2.05) is 25.1 Å². The Morgan fingerprint density at radius 2 is 1.90 bits per heavy atom. The SMILES string of the molecule is Cc1cc(I)ccc1NC(=O)NCCc1ccc(F)cc1. The number of amides is 2. The second kappa shape index (κ2) is 7.40. The van der Waals surface area contributed by atoms with Crippen LogP contribution in [0, 0.1) is 16.3 Å². The molecule has 0 unspecified atom stereocenters. The predicted molar refractivity (Wildman–Crippen MR) is 91.0 cm³/mol. The Kier molecular flexibility index (Phi) is 5.55. The van der Waals surface area contributed by atoms with Crippen molar-refractivity contribution in [2.24, 2.45) is 0 Å². The van der Waals surface area contributed by atoms with Gasteiger partial charge in [-0.05, 0) is 77.4 Å². The van der Waals surface area contributed by atoms with Crippen molar-refractivity contribution < 1.29 is 9.18 Å².